The van der Waals surface area contributed by atoms with Crippen LogP contribution in [0.2, 0.25) is 0 Å². The van der Waals surface area contributed by atoms with Crippen molar-refractivity contribution in [2.24, 2.45) is 0 Å². The molecule has 8 heteroatoms. The highest BCUT2D eigenvalue weighted by atomic mass is 16.5. The van der Waals surface area contributed by atoms with E-state index in [0.717, 1.165) is 11.1 Å². The van der Waals surface area contributed by atoms with E-state index in [4.69, 9.17) is 14.2 Å². The van der Waals surface area contributed by atoms with E-state index in [2.05, 4.69) is 10.6 Å². The molecule has 2 amide bonds. The molecule has 8 nitrogen and oxygen atoms in total. The first kappa shape index (κ1) is 30.3. The van der Waals surface area contributed by atoms with Crippen molar-refractivity contribution in [3.63, 3.8) is 0 Å². The smallest absolute Gasteiger partial charge is 0.272 e. The molecule has 0 aliphatic rings. The number of methoxy groups -OCH3 is 3. The number of carbonyl (C=O) groups is 3. The number of amides is 2. The van der Waals surface area contributed by atoms with Gasteiger partial charge in [0.15, 0.2) is 17.3 Å². The number of ketones is 1. The molecule has 0 heterocycles. The normalized spacial score (nSPS) is 11.1. The first-order chi connectivity index (χ1) is 20.8. The Hall–Kier alpha value is -5.63. The summed E-state index contributed by atoms with van der Waals surface area (Å²) < 4.78 is 16.3. The van der Waals surface area contributed by atoms with E-state index in [-0.39, 0.29) is 11.5 Å². The van der Waals surface area contributed by atoms with Crippen molar-refractivity contribution in [2.75, 3.05) is 26.6 Å². The van der Waals surface area contributed by atoms with Gasteiger partial charge in [0.05, 0.1) is 21.3 Å². The van der Waals surface area contributed by atoms with Crippen molar-refractivity contribution >= 4 is 35.4 Å². The van der Waals surface area contributed by atoms with Gasteiger partial charge in [-0.1, -0.05) is 48.5 Å². The fraction of sp³-hybridized carbons (Fsp3) is 0.114. The number of aryl methyl sites for hydroxylation is 1. The van der Waals surface area contributed by atoms with Gasteiger partial charge in [-0.3, -0.25) is 14.4 Å². The number of allylic oxidation sites excluding steroid dienone is 1. The quantitative estimate of drug-likeness (QED) is 0.160. The molecule has 0 aliphatic carbocycles. The molecular formula is C35H32N2O6. The second-order valence-electron chi connectivity index (χ2n) is 9.41. The predicted octanol–water partition coefficient (Wildman–Crippen LogP) is 6.33. The van der Waals surface area contributed by atoms with E-state index < -0.39 is 11.8 Å². The molecule has 0 atom stereocenters. The average molecular weight is 577 g/mol. The van der Waals surface area contributed by atoms with Crippen LogP contribution in [0.4, 0.5) is 5.69 Å². The van der Waals surface area contributed by atoms with Crippen LogP contribution in [-0.4, -0.2) is 38.9 Å². The molecular weight excluding hydrogens is 544 g/mol. The third kappa shape index (κ3) is 7.77. The van der Waals surface area contributed by atoms with Gasteiger partial charge in [0.25, 0.3) is 11.8 Å². The SMILES string of the molecule is COc1cc(OC)c(OC)cc1/C=C(\NC(=O)c1ccccc1)C(=O)Nc1ccc(C(=O)/C=C/c2ccccc2C)cc1. The van der Waals surface area contributed by atoms with E-state index >= 15 is 0 Å². The molecule has 218 valence electrons. The van der Waals surface area contributed by atoms with Gasteiger partial charge in [0.1, 0.15) is 11.4 Å². The Morgan fingerprint density at radius 1 is 0.674 bits per heavy atom. The molecule has 0 unspecified atom stereocenters. The summed E-state index contributed by atoms with van der Waals surface area (Å²) >= 11 is 0. The lowest BCUT2D eigenvalue weighted by Crippen LogP contribution is -2.30. The van der Waals surface area contributed by atoms with E-state index in [1.165, 1.54) is 33.5 Å². The molecule has 4 rings (SSSR count). The lowest BCUT2D eigenvalue weighted by Gasteiger charge is -2.15. The number of benzene rings is 4. The molecule has 0 saturated carbocycles. The number of carbonyl (C=O) groups excluding carboxylic acids is 3. The summed E-state index contributed by atoms with van der Waals surface area (Å²) in [5.41, 5.74) is 3.73. The summed E-state index contributed by atoms with van der Waals surface area (Å²) in [7, 11) is 4.49. The molecule has 0 fully saturated rings. The van der Waals surface area contributed by atoms with Crippen molar-refractivity contribution in [2.45, 2.75) is 6.92 Å². The maximum Gasteiger partial charge on any atom is 0.272 e. The van der Waals surface area contributed by atoms with Crippen molar-refractivity contribution in [3.05, 3.63) is 131 Å². The third-order valence-electron chi connectivity index (χ3n) is 6.59. The largest absolute Gasteiger partial charge is 0.496 e. The topological polar surface area (TPSA) is 103 Å². The van der Waals surface area contributed by atoms with Crippen LogP contribution in [-0.2, 0) is 4.79 Å². The lowest BCUT2D eigenvalue weighted by molar-refractivity contribution is -0.113. The van der Waals surface area contributed by atoms with Crippen LogP contribution in [0, 0.1) is 6.92 Å². The minimum absolute atomic E-state index is 0.0410. The van der Waals surface area contributed by atoms with Crippen LogP contribution in [0.1, 0.15) is 37.4 Å². The Balaban J connectivity index is 1.59. The van der Waals surface area contributed by atoms with Gasteiger partial charge in [-0.15, -0.1) is 0 Å². The Morgan fingerprint density at radius 3 is 1.95 bits per heavy atom. The molecule has 0 saturated heterocycles. The van der Waals surface area contributed by atoms with Crippen LogP contribution >= 0.6 is 0 Å². The van der Waals surface area contributed by atoms with Gasteiger partial charge in [-0.2, -0.15) is 0 Å². The first-order valence-corrected chi connectivity index (χ1v) is 13.4. The second kappa shape index (κ2) is 14.3. The van der Waals surface area contributed by atoms with Crippen molar-refractivity contribution in [1.82, 2.24) is 5.32 Å². The van der Waals surface area contributed by atoms with Gasteiger partial charge in [0.2, 0.25) is 0 Å². The summed E-state index contributed by atoms with van der Waals surface area (Å²) in [5.74, 6) is 0.0398. The molecule has 0 radical (unpaired) electrons. The summed E-state index contributed by atoms with van der Waals surface area (Å²) in [6, 6.07) is 26.1. The second-order valence-corrected chi connectivity index (χ2v) is 9.41. The molecule has 0 aliphatic heterocycles. The van der Waals surface area contributed by atoms with E-state index in [0.29, 0.717) is 39.6 Å². The highest BCUT2D eigenvalue weighted by Crippen LogP contribution is 2.35. The summed E-state index contributed by atoms with van der Waals surface area (Å²) in [6.45, 7) is 1.98. The minimum Gasteiger partial charge on any atom is -0.496 e. The summed E-state index contributed by atoms with van der Waals surface area (Å²) in [4.78, 5) is 39.3. The van der Waals surface area contributed by atoms with Gasteiger partial charge in [-0.05, 0) is 72.7 Å². The van der Waals surface area contributed by atoms with Gasteiger partial charge < -0.3 is 24.8 Å². The highest BCUT2D eigenvalue weighted by Gasteiger charge is 2.18. The van der Waals surface area contributed by atoms with E-state index in [9.17, 15) is 14.4 Å². The van der Waals surface area contributed by atoms with Crippen LogP contribution < -0.4 is 24.8 Å². The minimum atomic E-state index is -0.584. The number of hydrogen-bond acceptors (Lipinski definition) is 6. The number of rotatable bonds is 11. The molecule has 0 spiro atoms. The Labute approximate surface area is 250 Å². The van der Waals surface area contributed by atoms with E-state index in [1.807, 2.05) is 31.2 Å². The lowest BCUT2D eigenvalue weighted by atomic mass is 10.1. The molecule has 0 aromatic heterocycles. The van der Waals surface area contributed by atoms with Gasteiger partial charge in [-0.25, -0.2) is 0 Å². The van der Waals surface area contributed by atoms with Crippen molar-refractivity contribution in [1.29, 1.82) is 0 Å². The summed E-state index contributed by atoms with van der Waals surface area (Å²) in [6.07, 6.45) is 4.79. The predicted molar refractivity (Wildman–Crippen MR) is 168 cm³/mol. The number of hydrogen-bond donors (Lipinski definition) is 2. The first-order valence-electron chi connectivity index (χ1n) is 13.4. The zero-order chi connectivity index (χ0) is 30.8. The average Bonchev–Trinajstić information content (AvgIpc) is 3.04. The van der Waals surface area contributed by atoms with Crippen molar-refractivity contribution in [3.8, 4) is 17.2 Å². The fourth-order valence-corrected chi connectivity index (χ4v) is 4.22. The number of ether oxygens (including phenoxy) is 3. The molecule has 2 N–H and O–H groups in total. The number of nitrogens with one attached hydrogen (secondary N) is 2. The summed E-state index contributed by atoms with van der Waals surface area (Å²) in [5, 5.41) is 5.50. The maximum absolute atomic E-state index is 13.5. The Kier molecular flexibility index (Phi) is 10.1. The maximum atomic E-state index is 13.5. The Bertz CT molecular complexity index is 1670. The zero-order valence-corrected chi connectivity index (χ0v) is 24.3. The molecule has 43 heavy (non-hydrogen) atoms. The molecule has 0 bridgehead atoms. The van der Waals surface area contributed by atoms with Crippen LogP contribution in [0.5, 0.6) is 17.2 Å². The zero-order valence-electron chi connectivity index (χ0n) is 24.3. The Morgan fingerprint density at radius 2 is 1.30 bits per heavy atom. The van der Waals surface area contributed by atoms with Gasteiger partial charge >= 0.3 is 0 Å². The van der Waals surface area contributed by atoms with Gasteiger partial charge in [0, 0.05) is 28.4 Å². The van der Waals surface area contributed by atoms with Crippen LogP contribution in [0.15, 0.2) is 103 Å². The standard InChI is InChI=1S/C35H32N2O6/c1-23-10-8-9-11-24(23)16-19-30(38)25-14-17-28(18-15-25)36-35(40)29(37-34(39)26-12-6-5-7-13-26)20-27-21-32(42-3)33(43-4)22-31(27)41-2/h5-22H,1-4H3,(H,36,40)(H,37,39)/b19-16+,29-20-. The van der Waals surface area contributed by atoms with Crippen molar-refractivity contribution < 1.29 is 28.6 Å². The fourth-order valence-electron chi connectivity index (χ4n) is 4.22. The molecule has 4 aromatic rings. The van der Waals surface area contributed by atoms with Crippen LogP contribution in [0.3, 0.4) is 0 Å². The van der Waals surface area contributed by atoms with Crippen LogP contribution in [0.25, 0.3) is 12.2 Å². The number of anilines is 1. The highest BCUT2D eigenvalue weighted by molar-refractivity contribution is 6.11. The molecule has 4 aromatic carbocycles. The monoisotopic (exact) mass is 576 g/mol. The van der Waals surface area contributed by atoms with E-state index in [1.54, 1.807) is 72.8 Å². The third-order valence-corrected chi connectivity index (χ3v) is 6.59.